The van der Waals surface area contributed by atoms with E-state index in [0.29, 0.717) is 6.04 Å². The van der Waals surface area contributed by atoms with Gasteiger partial charge in [-0.25, -0.2) is 0 Å². The molecule has 2 heterocycles. The highest BCUT2D eigenvalue weighted by Gasteiger charge is 2.17. The number of ether oxygens (including phenoxy) is 1. The van der Waals surface area contributed by atoms with Crippen molar-refractivity contribution in [1.29, 1.82) is 0 Å². The Morgan fingerprint density at radius 2 is 2.33 bits per heavy atom. The van der Waals surface area contributed by atoms with Crippen LogP contribution in [0.15, 0.2) is 18.2 Å². The highest BCUT2D eigenvalue weighted by Crippen LogP contribution is 2.26. The van der Waals surface area contributed by atoms with Crippen LogP contribution in [0.5, 0.6) is 5.75 Å². The van der Waals surface area contributed by atoms with Crippen LogP contribution in [0.4, 0.5) is 0 Å². The van der Waals surface area contributed by atoms with Gasteiger partial charge in [-0.3, -0.25) is 0 Å². The van der Waals surface area contributed by atoms with Crippen molar-refractivity contribution >= 4 is 0 Å². The SMILES string of the molecule is CCCC1CN(CCc2ccc3c(c2)CCO3)CCCN1. The number of nitrogens with one attached hydrogen (secondary N) is 1. The molecule has 1 fully saturated rings. The van der Waals surface area contributed by atoms with E-state index in [2.05, 4.69) is 35.3 Å². The van der Waals surface area contributed by atoms with E-state index < -0.39 is 0 Å². The minimum absolute atomic E-state index is 0.686. The number of hydrogen-bond acceptors (Lipinski definition) is 3. The lowest BCUT2D eigenvalue weighted by Gasteiger charge is -2.24. The predicted molar refractivity (Wildman–Crippen MR) is 87.1 cm³/mol. The first-order chi connectivity index (χ1) is 10.3. The summed E-state index contributed by atoms with van der Waals surface area (Å²) in [6, 6.07) is 7.43. The standard InChI is InChI=1S/C18H28N2O/c1-2-4-17-14-20(10-3-9-19-17)11-7-15-5-6-18-16(13-15)8-12-21-18/h5-6,13,17,19H,2-4,7-12,14H2,1H3. The summed E-state index contributed by atoms with van der Waals surface area (Å²) in [4.78, 5) is 2.64. The van der Waals surface area contributed by atoms with E-state index in [-0.39, 0.29) is 0 Å². The van der Waals surface area contributed by atoms with Crippen molar-refractivity contribution in [2.45, 2.75) is 45.1 Å². The summed E-state index contributed by atoms with van der Waals surface area (Å²) < 4.78 is 5.59. The Labute approximate surface area is 128 Å². The largest absolute Gasteiger partial charge is 0.493 e. The molecule has 2 aliphatic rings. The molecule has 0 aromatic heterocycles. The van der Waals surface area contributed by atoms with Crippen LogP contribution >= 0.6 is 0 Å². The molecule has 0 radical (unpaired) electrons. The molecule has 0 aliphatic carbocycles. The highest BCUT2D eigenvalue weighted by molar-refractivity contribution is 5.39. The summed E-state index contributed by atoms with van der Waals surface area (Å²) in [5.41, 5.74) is 2.86. The molecule has 1 aromatic rings. The van der Waals surface area contributed by atoms with Crippen LogP contribution in [-0.2, 0) is 12.8 Å². The topological polar surface area (TPSA) is 24.5 Å². The van der Waals surface area contributed by atoms with Crippen molar-refractivity contribution in [3.63, 3.8) is 0 Å². The Balaban J connectivity index is 1.53. The van der Waals surface area contributed by atoms with Crippen molar-refractivity contribution in [2.75, 3.05) is 32.8 Å². The number of nitrogens with zero attached hydrogens (tertiary/aromatic N) is 1. The third-order valence-corrected chi connectivity index (χ3v) is 4.67. The first-order valence-corrected chi connectivity index (χ1v) is 8.55. The Kier molecular flexibility index (Phi) is 5.15. The smallest absolute Gasteiger partial charge is 0.122 e. The van der Waals surface area contributed by atoms with Gasteiger partial charge in [0.05, 0.1) is 6.61 Å². The normalized spacial score (nSPS) is 22.6. The zero-order chi connectivity index (χ0) is 14.5. The molecule has 1 saturated heterocycles. The lowest BCUT2D eigenvalue weighted by Crippen LogP contribution is -2.38. The molecule has 21 heavy (non-hydrogen) atoms. The van der Waals surface area contributed by atoms with Gasteiger partial charge in [0.1, 0.15) is 5.75 Å². The van der Waals surface area contributed by atoms with E-state index >= 15 is 0 Å². The van der Waals surface area contributed by atoms with E-state index in [9.17, 15) is 0 Å². The molecule has 116 valence electrons. The fourth-order valence-electron chi connectivity index (χ4n) is 3.50. The number of benzene rings is 1. The van der Waals surface area contributed by atoms with Crippen molar-refractivity contribution in [1.82, 2.24) is 10.2 Å². The van der Waals surface area contributed by atoms with Crippen LogP contribution in [0.3, 0.4) is 0 Å². The van der Waals surface area contributed by atoms with Crippen molar-refractivity contribution in [2.24, 2.45) is 0 Å². The van der Waals surface area contributed by atoms with E-state index in [1.54, 1.807) is 0 Å². The fraction of sp³-hybridized carbons (Fsp3) is 0.667. The molecule has 0 bridgehead atoms. The second-order valence-corrected chi connectivity index (χ2v) is 6.38. The van der Waals surface area contributed by atoms with Crippen LogP contribution in [0, 0.1) is 0 Å². The number of hydrogen-bond donors (Lipinski definition) is 1. The fourth-order valence-corrected chi connectivity index (χ4v) is 3.50. The van der Waals surface area contributed by atoms with Gasteiger partial charge in [-0.05, 0) is 49.5 Å². The first kappa shape index (κ1) is 14.9. The van der Waals surface area contributed by atoms with Crippen LogP contribution in [-0.4, -0.2) is 43.7 Å². The molecular weight excluding hydrogens is 260 g/mol. The minimum atomic E-state index is 0.686. The quantitative estimate of drug-likeness (QED) is 0.901. The van der Waals surface area contributed by atoms with Crippen molar-refractivity contribution < 1.29 is 4.74 Å². The lowest BCUT2D eigenvalue weighted by atomic mass is 10.1. The molecule has 1 unspecified atom stereocenters. The number of fused-ring (bicyclic) bond motifs is 1. The van der Waals surface area contributed by atoms with Crippen LogP contribution in [0.25, 0.3) is 0 Å². The summed E-state index contributed by atoms with van der Waals surface area (Å²) in [5.74, 6) is 1.10. The van der Waals surface area contributed by atoms with E-state index in [1.807, 2.05) is 0 Å². The molecule has 1 atom stereocenters. The van der Waals surface area contributed by atoms with Gasteiger partial charge in [0, 0.05) is 25.6 Å². The molecule has 3 nitrogen and oxygen atoms in total. The first-order valence-electron chi connectivity index (χ1n) is 8.55. The third kappa shape index (κ3) is 3.98. The Bertz CT molecular complexity index is 461. The zero-order valence-electron chi connectivity index (χ0n) is 13.2. The Morgan fingerprint density at radius 1 is 1.38 bits per heavy atom. The second-order valence-electron chi connectivity index (χ2n) is 6.38. The van der Waals surface area contributed by atoms with Crippen molar-refractivity contribution in [3.05, 3.63) is 29.3 Å². The average Bonchev–Trinajstić information content (AvgIpc) is 2.85. The molecule has 1 N–H and O–H groups in total. The molecule has 3 rings (SSSR count). The highest BCUT2D eigenvalue weighted by atomic mass is 16.5. The molecule has 1 aromatic carbocycles. The summed E-state index contributed by atoms with van der Waals surface area (Å²) in [6.45, 7) is 7.95. The maximum absolute atomic E-state index is 5.59. The predicted octanol–water partition coefficient (Wildman–Crippen LogP) is 2.63. The third-order valence-electron chi connectivity index (χ3n) is 4.67. The van der Waals surface area contributed by atoms with Gasteiger partial charge in [-0.2, -0.15) is 0 Å². The van der Waals surface area contributed by atoms with Gasteiger partial charge in [0.25, 0.3) is 0 Å². The van der Waals surface area contributed by atoms with E-state index in [1.165, 1.54) is 56.6 Å². The van der Waals surface area contributed by atoms with Gasteiger partial charge in [-0.1, -0.05) is 25.5 Å². The zero-order valence-corrected chi connectivity index (χ0v) is 13.2. The molecule has 2 aliphatic heterocycles. The molecule has 0 saturated carbocycles. The van der Waals surface area contributed by atoms with Crippen LogP contribution in [0.1, 0.15) is 37.3 Å². The molecule has 0 amide bonds. The van der Waals surface area contributed by atoms with Crippen LogP contribution < -0.4 is 10.1 Å². The maximum atomic E-state index is 5.59. The molecule has 3 heteroatoms. The van der Waals surface area contributed by atoms with Gasteiger partial charge < -0.3 is 15.0 Å². The van der Waals surface area contributed by atoms with Crippen LogP contribution in [0.2, 0.25) is 0 Å². The summed E-state index contributed by atoms with van der Waals surface area (Å²) in [5, 5.41) is 3.69. The molecular formula is C18H28N2O. The van der Waals surface area contributed by atoms with E-state index in [0.717, 1.165) is 25.2 Å². The van der Waals surface area contributed by atoms with Gasteiger partial charge in [-0.15, -0.1) is 0 Å². The summed E-state index contributed by atoms with van der Waals surface area (Å²) in [6.07, 6.45) is 6.09. The molecule has 0 spiro atoms. The monoisotopic (exact) mass is 288 g/mol. The van der Waals surface area contributed by atoms with Gasteiger partial charge in [0.15, 0.2) is 0 Å². The Hall–Kier alpha value is -1.06. The summed E-state index contributed by atoms with van der Waals surface area (Å²) in [7, 11) is 0. The average molecular weight is 288 g/mol. The summed E-state index contributed by atoms with van der Waals surface area (Å²) >= 11 is 0. The maximum Gasteiger partial charge on any atom is 0.122 e. The lowest BCUT2D eigenvalue weighted by molar-refractivity contribution is 0.265. The number of rotatable bonds is 5. The van der Waals surface area contributed by atoms with Gasteiger partial charge >= 0.3 is 0 Å². The van der Waals surface area contributed by atoms with E-state index in [4.69, 9.17) is 4.74 Å². The second kappa shape index (κ2) is 7.28. The van der Waals surface area contributed by atoms with Crippen molar-refractivity contribution in [3.8, 4) is 5.75 Å². The van der Waals surface area contributed by atoms with Gasteiger partial charge in [0.2, 0.25) is 0 Å². The minimum Gasteiger partial charge on any atom is -0.493 e. The Morgan fingerprint density at radius 3 is 3.24 bits per heavy atom.